The maximum absolute atomic E-state index is 4.50. The molecule has 2 N–H and O–H groups in total. The van der Waals surface area contributed by atoms with E-state index in [4.69, 9.17) is 0 Å². The average molecular weight is 118 g/mol. The van der Waals surface area contributed by atoms with Crippen LogP contribution in [0.1, 0.15) is 0 Å². The number of likely N-dealkylation sites (N-methyl/N-ethyl adjacent to an activating group) is 1. The van der Waals surface area contributed by atoms with Crippen LogP contribution in [0.15, 0.2) is 0 Å². The first-order valence-corrected chi connectivity index (χ1v) is 2.70. The molecule has 0 aliphatic heterocycles. The number of hydrogen-bond donors (Lipinski definition) is 2. The summed E-state index contributed by atoms with van der Waals surface area (Å²) < 4.78 is 0. The minimum Gasteiger partial charge on any atom is -0.381 e. The molecule has 0 bridgehead atoms. The Morgan fingerprint density at radius 3 is 2.71 bits per heavy atom. The van der Waals surface area contributed by atoms with Gasteiger partial charge in [-0.1, -0.05) is 12.2 Å². The molecule has 0 spiro atoms. The van der Waals surface area contributed by atoms with Gasteiger partial charge in [0.2, 0.25) is 0 Å². The molecule has 0 aliphatic carbocycles. The second kappa shape index (κ2) is 5.85. The van der Waals surface area contributed by atoms with Crippen LogP contribution in [0.25, 0.3) is 0 Å². The van der Waals surface area contributed by atoms with E-state index in [1.165, 1.54) is 5.49 Å². The molecule has 42 valence electrons. The van der Waals surface area contributed by atoms with Crippen LogP contribution in [0.5, 0.6) is 0 Å². The van der Waals surface area contributed by atoms with E-state index >= 15 is 0 Å². The third kappa shape index (κ3) is 5.85. The van der Waals surface area contributed by atoms with Crippen molar-refractivity contribution in [2.24, 2.45) is 0 Å². The average Bonchev–Trinajstić information content (AvgIpc) is 1.69. The van der Waals surface area contributed by atoms with Crippen LogP contribution in [-0.4, -0.2) is 25.6 Å². The first-order valence-electron chi connectivity index (χ1n) is 2.23. The Labute approximate surface area is 49.3 Å². The van der Waals surface area contributed by atoms with Gasteiger partial charge in [-0.25, -0.2) is 0 Å². The smallest absolute Gasteiger partial charge is 0.0615 e. The maximum Gasteiger partial charge on any atom is 0.0615 e. The normalized spacial score (nSPS) is 8.14. The van der Waals surface area contributed by atoms with Crippen LogP contribution in [0.4, 0.5) is 0 Å². The Kier molecular flexibility index (Phi) is 5.72. The summed E-state index contributed by atoms with van der Waals surface area (Å²) in [6, 6.07) is 0. The fourth-order valence-electron chi connectivity index (χ4n) is 0.256. The lowest BCUT2D eigenvalue weighted by atomic mass is 10.6. The van der Waals surface area contributed by atoms with Crippen molar-refractivity contribution >= 4 is 17.7 Å². The Bertz CT molecular complexity index is 47.0. The molecule has 2 nitrogen and oxygen atoms in total. The van der Waals surface area contributed by atoms with E-state index in [9.17, 15) is 0 Å². The monoisotopic (exact) mass is 118 g/mol. The highest BCUT2D eigenvalue weighted by Gasteiger charge is 1.73. The largest absolute Gasteiger partial charge is 0.381 e. The third-order valence-corrected chi connectivity index (χ3v) is 0.769. The van der Waals surface area contributed by atoms with E-state index in [0.29, 0.717) is 0 Å². The van der Waals surface area contributed by atoms with Gasteiger partial charge in [0.05, 0.1) is 5.49 Å². The van der Waals surface area contributed by atoms with Gasteiger partial charge in [0, 0.05) is 13.1 Å². The summed E-state index contributed by atoms with van der Waals surface area (Å²) >= 11 is 4.50. The summed E-state index contributed by atoms with van der Waals surface area (Å²) in [6.07, 6.45) is 0. The summed E-state index contributed by atoms with van der Waals surface area (Å²) in [5.41, 5.74) is 1.53. The van der Waals surface area contributed by atoms with Gasteiger partial charge >= 0.3 is 0 Å². The molecule has 0 fully saturated rings. The van der Waals surface area contributed by atoms with Crippen molar-refractivity contribution < 1.29 is 0 Å². The minimum atomic E-state index is 0.917. The molecule has 0 unspecified atom stereocenters. The van der Waals surface area contributed by atoms with Crippen molar-refractivity contribution in [2.75, 3.05) is 20.1 Å². The van der Waals surface area contributed by atoms with Crippen LogP contribution < -0.4 is 10.6 Å². The first kappa shape index (κ1) is 6.85. The summed E-state index contributed by atoms with van der Waals surface area (Å²) in [4.78, 5) is 0. The molecule has 7 heavy (non-hydrogen) atoms. The summed E-state index contributed by atoms with van der Waals surface area (Å²) in [7, 11) is 1.91. The molecule has 0 aromatic rings. The third-order valence-electron chi connectivity index (χ3n) is 0.603. The molecule has 0 saturated heterocycles. The van der Waals surface area contributed by atoms with Crippen LogP contribution in [0.2, 0.25) is 0 Å². The molecule has 3 heteroatoms. The highest BCUT2D eigenvalue weighted by Crippen LogP contribution is 1.49. The van der Waals surface area contributed by atoms with Crippen LogP contribution in [0.3, 0.4) is 0 Å². The number of nitrogens with one attached hydrogen (secondary N) is 2. The predicted molar refractivity (Wildman–Crippen MR) is 35.6 cm³/mol. The molecule has 0 rings (SSSR count). The zero-order chi connectivity index (χ0) is 5.54. The Balaban J connectivity index is 2.56. The topological polar surface area (TPSA) is 24.1 Å². The highest BCUT2D eigenvalue weighted by atomic mass is 32.1. The zero-order valence-electron chi connectivity index (χ0n) is 4.40. The lowest BCUT2D eigenvalue weighted by Crippen LogP contribution is -2.22. The molecule has 0 radical (unpaired) electrons. The summed E-state index contributed by atoms with van der Waals surface area (Å²) in [5.74, 6) is 0. The fraction of sp³-hybridized carbons (Fsp3) is 0.750. The van der Waals surface area contributed by atoms with Gasteiger partial charge in [0.1, 0.15) is 0 Å². The molecule has 0 aromatic heterocycles. The highest BCUT2D eigenvalue weighted by molar-refractivity contribution is 7.78. The molecule has 0 aromatic carbocycles. The van der Waals surface area contributed by atoms with Gasteiger partial charge in [-0.05, 0) is 7.05 Å². The number of hydrogen-bond acceptors (Lipinski definition) is 2. The molecule has 0 amide bonds. The van der Waals surface area contributed by atoms with Gasteiger partial charge in [-0.2, -0.15) is 0 Å². The Morgan fingerprint density at radius 1 is 1.57 bits per heavy atom. The molecular formula is C4H10N2S. The van der Waals surface area contributed by atoms with Gasteiger partial charge in [0.15, 0.2) is 0 Å². The number of rotatable bonds is 4. The first-order chi connectivity index (χ1) is 3.41. The Morgan fingerprint density at radius 2 is 2.29 bits per heavy atom. The van der Waals surface area contributed by atoms with Crippen molar-refractivity contribution in [1.82, 2.24) is 10.6 Å². The Hall–Kier alpha value is -0.150. The SMILES string of the molecule is CNCCNC=S. The molecule has 0 atom stereocenters. The molecule has 0 heterocycles. The molecular weight excluding hydrogens is 108 g/mol. The van der Waals surface area contributed by atoms with Crippen molar-refractivity contribution in [3.63, 3.8) is 0 Å². The van der Waals surface area contributed by atoms with E-state index in [1.54, 1.807) is 0 Å². The lowest BCUT2D eigenvalue weighted by molar-refractivity contribution is 0.766. The lowest BCUT2D eigenvalue weighted by Gasteiger charge is -1.94. The maximum atomic E-state index is 4.50. The van der Waals surface area contributed by atoms with Crippen LogP contribution in [0, 0.1) is 0 Å². The quantitative estimate of drug-likeness (QED) is 0.393. The van der Waals surface area contributed by atoms with Gasteiger partial charge < -0.3 is 10.6 Å². The summed E-state index contributed by atoms with van der Waals surface area (Å²) in [6.45, 7) is 1.88. The predicted octanol–water partition coefficient (Wildman–Crippen LogP) is -0.247. The van der Waals surface area contributed by atoms with E-state index in [1.807, 2.05) is 7.05 Å². The van der Waals surface area contributed by atoms with E-state index in [2.05, 4.69) is 22.9 Å². The minimum absolute atomic E-state index is 0.917. The van der Waals surface area contributed by atoms with Crippen molar-refractivity contribution in [3.8, 4) is 0 Å². The van der Waals surface area contributed by atoms with Gasteiger partial charge in [-0.3, -0.25) is 0 Å². The van der Waals surface area contributed by atoms with Crippen molar-refractivity contribution in [1.29, 1.82) is 0 Å². The van der Waals surface area contributed by atoms with Crippen LogP contribution >= 0.6 is 12.2 Å². The van der Waals surface area contributed by atoms with Gasteiger partial charge in [0.25, 0.3) is 0 Å². The van der Waals surface area contributed by atoms with E-state index in [-0.39, 0.29) is 0 Å². The van der Waals surface area contributed by atoms with Crippen molar-refractivity contribution in [3.05, 3.63) is 0 Å². The van der Waals surface area contributed by atoms with Crippen molar-refractivity contribution in [2.45, 2.75) is 0 Å². The van der Waals surface area contributed by atoms with E-state index in [0.717, 1.165) is 13.1 Å². The second-order valence-electron chi connectivity index (χ2n) is 1.18. The standard InChI is InChI=1S/C4H10N2S/c1-5-2-3-6-4-7/h4-5H,2-3H2,1H3,(H,6,7). The molecule has 0 aliphatic rings. The molecule has 0 saturated carbocycles. The number of thiocarbonyl (C=S) groups is 1. The summed E-state index contributed by atoms with van der Waals surface area (Å²) in [5, 5.41) is 5.85. The van der Waals surface area contributed by atoms with Gasteiger partial charge in [-0.15, -0.1) is 0 Å². The zero-order valence-corrected chi connectivity index (χ0v) is 5.22. The van der Waals surface area contributed by atoms with E-state index < -0.39 is 0 Å². The second-order valence-corrected chi connectivity index (χ2v) is 1.41. The van der Waals surface area contributed by atoms with Crippen LogP contribution in [-0.2, 0) is 0 Å². The fourth-order valence-corrected chi connectivity index (χ4v) is 0.374.